The summed E-state index contributed by atoms with van der Waals surface area (Å²) in [4.78, 5) is 24.2. The van der Waals surface area contributed by atoms with E-state index in [2.05, 4.69) is 0 Å². The summed E-state index contributed by atoms with van der Waals surface area (Å²) in [7, 11) is 0. The van der Waals surface area contributed by atoms with Crippen LogP contribution in [0.1, 0.15) is 11.7 Å². The van der Waals surface area contributed by atoms with Crippen molar-refractivity contribution in [1.29, 1.82) is 0 Å². The van der Waals surface area contributed by atoms with Crippen molar-refractivity contribution in [2.45, 2.75) is 6.10 Å². The minimum absolute atomic E-state index is 0.0523. The number of morpholine rings is 1. The van der Waals surface area contributed by atoms with Gasteiger partial charge in [0.25, 0.3) is 0 Å². The molecule has 1 aromatic carbocycles. The van der Waals surface area contributed by atoms with Crippen LogP contribution in [-0.4, -0.2) is 53.1 Å². The molecule has 1 fully saturated rings. The quantitative estimate of drug-likeness (QED) is 0.895. The second kappa shape index (κ2) is 7.68. The van der Waals surface area contributed by atoms with Gasteiger partial charge in [0.15, 0.2) is 0 Å². The highest BCUT2D eigenvalue weighted by Gasteiger charge is 2.25. The van der Waals surface area contributed by atoms with Gasteiger partial charge in [-0.3, -0.25) is 9.59 Å². The van der Waals surface area contributed by atoms with E-state index in [1.807, 2.05) is 12.1 Å². The van der Waals surface area contributed by atoms with Gasteiger partial charge in [-0.25, -0.2) is 0 Å². The van der Waals surface area contributed by atoms with E-state index >= 15 is 0 Å². The molecular weight excluding hydrogens is 314 g/mol. The van der Waals surface area contributed by atoms with Crippen molar-refractivity contribution in [2.24, 2.45) is 0 Å². The van der Waals surface area contributed by atoms with Crippen LogP contribution in [0.2, 0.25) is 5.02 Å². The van der Waals surface area contributed by atoms with Crippen LogP contribution in [0.25, 0.3) is 0 Å². The van der Waals surface area contributed by atoms with Gasteiger partial charge in [0, 0.05) is 11.6 Å². The molecule has 0 bridgehead atoms. The fraction of sp³-hybridized carbons (Fsp3) is 0.429. The van der Waals surface area contributed by atoms with Crippen LogP contribution in [-0.2, 0) is 14.3 Å². The molecule has 0 saturated carbocycles. The van der Waals surface area contributed by atoms with E-state index < -0.39 is 5.97 Å². The predicted molar refractivity (Wildman–Crippen MR) is 81.7 cm³/mol. The number of hydrogen-bond donors (Lipinski definition) is 1. The number of carbonyl (C=O) groups excluding carboxylic acids is 1. The SMILES string of the molecule is O=C(O)CSCC(=O)N1CCOC(c2ccc(Cl)cc2)C1. The summed E-state index contributed by atoms with van der Waals surface area (Å²) in [5.74, 6) is -0.839. The van der Waals surface area contributed by atoms with Gasteiger partial charge >= 0.3 is 5.97 Å². The number of amides is 1. The maximum absolute atomic E-state index is 12.0. The number of halogens is 1. The molecule has 1 saturated heterocycles. The average molecular weight is 330 g/mol. The first-order valence-electron chi connectivity index (χ1n) is 6.50. The molecule has 1 amide bonds. The molecule has 1 aliphatic rings. The Morgan fingerprint density at radius 3 is 2.71 bits per heavy atom. The van der Waals surface area contributed by atoms with Crippen LogP contribution in [0.3, 0.4) is 0 Å². The van der Waals surface area contributed by atoms with Gasteiger partial charge in [-0.15, -0.1) is 11.8 Å². The molecule has 114 valence electrons. The highest BCUT2D eigenvalue weighted by Crippen LogP contribution is 2.24. The van der Waals surface area contributed by atoms with Gasteiger partial charge < -0.3 is 14.7 Å². The maximum atomic E-state index is 12.0. The molecule has 1 N–H and O–H groups in total. The normalized spacial score (nSPS) is 18.5. The second-order valence-electron chi connectivity index (χ2n) is 4.64. The van der Waals surface area contributed by atoms with Crippen LogP contribution in [0.5, 0.6) is 0 Å². The van der Waals surface area contributed by atoms with E-state index in [4.69, 9.17) is 21.4 Å². The Morgan fingerprint density at radius 1 is 1.33 bits per heavy atom. The molecule has 1 atom stereocenters. The zero-order valence-electron chi connectivity index (χ0n) is 11.3. The fourth-order valence-electron chi connectivity index (χ4n) is 2.07. The number of carbonyl (C=O) groups is 2. The molecule has 2 rings (SSSR count). The van der Waals surface area contributed by atoms with E-state index in [-0.39, 0.29) is 23.5 Å². The summed E-state index contributed by atoms with van der Waals surface area (Å²) < 4.78 is 5.69. The van der Waals surface area contributed by atoms with Crippen LogP contribution in [0.4, 0.5) is 0 Å². The molecule has 1 unspecified atom stereocenters. The summed E-state index contributed by atoms with van der Waals surface area (Å²) in [6.45, 7) is 1.49. The zero-order valence-corrected chi connectivity index (χ0v) is 12.9. The fourth-order valence-corrected chi connectivity index (χ4v) is 2.83. The van der Waals surface area contributed by atoms with Gasteiger partial charge in [-0.05, 0) is 17.7 Å². The summed E-state index contributed by atoms with van der Waals surface area (Å²) in [6.07, 6.45) is -0.163. The molecule has 1 aromatic rings. The number of nitrogens with zero attached hydrogens (tertiary/aromatic N) is 1. The van der Waals surface area contributed by atoms with E-state index in [1.54, 1.807) is 17.0 Å². The van der Waals surface area contributed by atoms with Crippen LogP contribution in [0, 0.1) is 0 Å². The molecule has 21 heavy (non-hydrogen) atoms. The lowest BCUT2D eigenvalue weighted by molar-refractivity contribution is -0.136. The minimum Gasteiger partial charge on any atom is -0.481 e. The lowest BCUT2D eigenvalue weighted by atomic mass is 10.1. The number of aliphatic carboxylic acids is 1. The standard InChI is InChI=1S/C14H16ClNO4S/c15-11-3-1-10(2-4-11)12-7-16(5-6-20-12)13(17)8-21-9-14(18)19/h1-4,12H,5-9H2,(H,18,19). The third-order valence-electron chi connectivity index (χ3n) is 3.11. The Morgan fingerprint density at radius 2 is 2.05 bits per heavy atom. The molecular formula is C14H16ClNO4S. The highest BCUT2D eigenvalue weighted by atomic mass is 35.5. The number of rotatable bonds is 5. The smallest absolute Gasteiger partial charge is 0.313 e. The maximum Gasteiger partial charge on any atom is 0.313 e. The van der Waals surface area contributed by atoms with Crippen molar-refractivity contribution in [2.75, 3.05) is 31.2 Å². The lowest BCUT2D eigenvalue weighted by Gasteiger charge is -2.33. The van der Waals surface area contributed by atoms with Gasteiger partial charge in [-0.2, -0.15) is 0 Å². The van der Waals surface area contributed by atoms with E-state index in [0.717, 1.165) is 17.3 Å². The van der Waals surface area contributed by atoms with E-state index in [1.165, 1.54) is 0 Å². The number of carboxylic acids is 1. The first kappa shape index (κ1) is 16.1. The predicted octanol–water partition coefficient (Wildman–Crippen LogP) is 2.06. The first-order valence-corrected chi connectivity index (χ1v) is 8.04. The molecule has 0 radical (unpaired) electrons. The Balaban J connectivity index is 1.89. The van der Waals surface area contributed by atoms with Crippen molar-refractivity contribution in [3.8, 4) is 0 Å². The van der Waals surface area contributed by atoms with Gasteiger partial charge in [0.1, 0.15) is 6.10 Å². The number of hydrogen-bond acceptors (Lipinski definition) is 4. The van der Waals surface area contributed by atoms with E-state index in [0.29, 0.717) is 24.7 Å². The molecule has 0 aliphatic carbocycles. The van der Waals surface area contributed by atoms with E-state index in [9.17, 15) is 9.59 Å². The number of ether oxygens (including phenoxy) is 1. The van der Waals surface area contributed by atoms with Gasteiger partial charge in [0.05, 0.1) is 24.7 Å². The molecule has 5 nitrogen and oxygen atoms in total. The van der Waals surface area contributed by atoms with Crippen molar-refractivity contribution in [3.63, 3.8) is 0 Å². The molecule has 1 heterocycles. The summed E-state index contributed by atoms with van der Waals surface area (Å²) >= 11 is 6.97. The average Bonchev–Trinajstić information content (AvgIpc) is 2.47. The highest BCUT2D eigenvalue weighted by molar-refractivity contribution is 8.00. The molecule has 0 spiro atoms. The van der Waals surface area contributed by atoms with Crippen LogP contribution in [0.15, 0.2) is 24.3 Å². The van der Waals surface area contributed by atoms with Crippen LogP contribution < -0.4 is 0 Å². The summed E-state index contributed by atoms with van der Waals surface area (Å²) in [6, 6.07) is 7.37. The molecule has 7 heteroatoms. The van der Waals surface area contributed by atoms with Crippen molar-refractivity contribution >= 4 is 35.2 Å². The number of thioether (sulfide) groups is 1. The third kappa shape index (κ3) is 4.91. The number of carboxylic acid groups (broad SMARTS) is 1. The Hall–Kier alpha value is -1.24. The lowest BCUT2D eigenvalue weighted by Crippen LogP contribution is -2.43. The Kier molecular flexibility index (Phi) is 5.90. The second-order valence-corrected chi connectivity index (χ2v) is 6.06. The largest absolute Gasteiger partial charge is 0.481 e. The Labute approximate surface area is 132 Å². The van der Waals surface area contributed by atoms with Gasteiger partial charge in [-0.1, -0.05) is 23.7 Å². The zero-order chi connectivity index (χ0) is 15.2. The third-order valence-corrected chi connectivity index (χ3v) is 4.27. The first-order chi connectivity index (χ1) is 10.1. The topological polar surface area (TPSA) is 66.8 Å². The minimum atomic E-state index is -0.909. The molecule has 0 aromatic heterocycles. The Bertz CT molecular complexity index is 508. The van der Waals surface area contributed by atoms with Crippen molar-refractivity contribution in [3.05, 3.63) is 34.9 Å². The summed E-state index contributed by atoms with van der Waals surface area (Å²) in [5.41, 5.74) is 0.982. The van der Waals surface area contributed by atoms with Crippen molar-refractivity contribution < 1.29 is 19.4 Å². The van der Waals surface area contributed by atoms with Crippen molar-refractivity contribution in [1.82, 2.24) is 4.90 Å². The number of benzene rings is 1. The monoisotopic (exact) mass is 329 g/mol. The summed E-state index contributed by atoms with van der Waals surface area (Å²) in [5, 5.41) is 9.23. The van der Waals surface area contributed by atoms with Crippen LogP contribution >= 0.6 is 23.4 Å². The van der Waals surface area contributed by atoms with Gasteiger partial charge in [0.2, 0.25) is 5.91 Å². The molecule has 1 aliphatic heterocycles.